The Morgan fingerprint density at radius 2 is 2.00 bits per heavy atom. The maximum atomic E-state index is 13.6. The van der Waals surface area contributed by atoms with E-state index in [4.69, 9.17) is 16.3 Å². The molecule has 0 saturated carbocycles. The molecule has 0 unspecified atom stereocenters. The monoisotopic (exact) mass is 437 g/mol. The fourth-order valence-corrected chi connectivity index (χ4v) is 3.95. The number of carbonyl (C=O) groups excluding carboxylic acids is 1. The van der Waals surface area contributed by atoms with Crippen molar-refractivity contribution in [3.05, 3.63) is 65.3 Å². The third-order valence-electron chi connectivity index (χ3n) is 5.40. The minimum absolute atomic E-state index is 0.0936. The van der Waals surface area contributed by atoms with E-state index in [2.05, 4.69) is 26.9 Å². The molecule has 0 aliphatic carbocycles. The minimum Gasteiger partial charge on any atom is -0.475 e. The van der Waals surface area contributed by atoms with Crippen LogP contribution in [-0.2, 0) is 0 Å². The Morgan fingerprint density at radius 3 is 2.77 bits per heavy atom. The quantitative estimate of drug-likeness (QED) is 0.594. The van der Waals surface area contributed by atoms with E-state index in [9.17, 15) is 4.79 Å². The molecule has 1 aliphatic heterocycles. The summed E-state index contributed by atoms with van der Waals surface area (Å²) in [5, 5.41) is 0.561. The summed E-state index contributed by atoms with van der Waals surface area (Å²) in [6.07, 6.45) is 6.70. The van der Waals surface area contributed by atoms with Crippen molar-refractivity contribution in [2.24, 2.45) is 5.92 Å². The zero-order valence-corrected chi connectivity index (χ0v) is 18.3. The largest absolute Gasteiger partial charge is 0.475 e. The van der Waals surface area contributed by atoms with Crippen molar-refractivity contribution in [2.75, 3.05) is 13.2 Å². The lowest BCUT2D eigenvalue weighted by molar-refractivity contribution is 0.0450. The minimum atomic E-state index is -0.134. The van der Waals surface area contributed by atoms with Crippen LogP contribution < -0.4 is 4.74 Å². The highest BCUT2D eigenvalue weighted by atomic mass is 35.5. The van der Waals surface area contributed by atoms with Crippen molar-refractivity contribution in [3.8, 4) is 17.3 Å². The summed E-state index contributed by atoms with van der Waals surface area (Å²) < 4.78 is 5.89. The first-order chi connectivity index (χ1) is 15.0. The number of pyridine rings is 2. The third-order valence-corrected chi connectivity index (χ3v) is 5.64. The zero-order chi connectivity index (χ0) is 21.8. The summed E-state index contributed by atoms with van der Waals surface area (Å²) in [5.74, 6) is 1.29. The van der Waals surface area contributed by atoms with Gasteiger partial charge in [0.25, 0.3) is 5.91 Å². The molecule has 8 heteroatoms. The molecule has 1 saturated heterocycles. The first-order valence-electron chi connectivity index (χ1n) is 10.3. The Bertz CT molecular complexity index is 1060. The molecule has 0 spiro atoms. The molecule has 4 rings (SSSR count). The van der Waals surface area contributed by atoms with Crippen LogP contribution in [0.2, 0.25) is 5.02 Å². The zero-order valence-electron chi connectivity index (χ0n) is 17.5. The number of hydrogen-bond donors (Lipinski definition) is 0. The van der Waals surface area contributed by atoms with Crippen LogP contribution in [0.5, 0.6) is 5.88 Å². The van der Waals surface area contributed by atoms with Gasteiger partial charge in [0, 0.05) is 41.9 Å². The topological polar surface area (TPSA) is 81.1 Å². The van der Waals surface area contributed by atoms with Crippen LogP contribution in [0.15, 0.2) is 48.9 Å². The Kier molecular flexibility index (Phi) is 6.42. The number of likely N-dealkylation sites (tertiary alicyclic amines) is 1. The number of rotatable bonds is 5. The molecule has 3 aromatic heterocycles. The summed E-state index contributed by atoms with van der Waals surface area (Å²) in [4.78, 5) is 32.9. The highest BCUT2D eigenvalue weighted by molar-refractivity contribution is 6.30. The fraction of sp³-hybridized carbons (Fsp3) is 0.348. The molecule has 31 heavy (non-hydrogen) atoms. The highest BCUT2D eigenvalue weighted by Crippen LogP contribution is 2.27. The number of ether oxygens (including phenoxy) is 1. The number of amides is 1. The maximum Gasteiger partial charge on any atom is 0.273 e. The molecular weight excluding hydrogens is 414 g/mol. The Hall–Kier alpha value is -3.06. The molecule has 0 aromatic carbocycles. The second-order valence-corrected chi connectivity index (χ2v) is 8.26. The number of hydrogen-bond acceptors (Lipinski definition) is 6. The van der Waals surface area contributed by atoms with E-state index in [1.807, 2.05) is 24.0 Å². The Morgan fingerprint density at radius 1 is 1.19 bits per heavy atom. The van der Waals surface area contributed by atoms with E-state index in [1.165, 1.54) is 0 Å². The molecule has 4 heterocycles. The Balaban J connectivity index is 1.60. The van der Waals surface area contributed by atoms with Gasteiger partial charge in [0.1, 0.15) is 12.3 Å². The lowest BCUT2D eigenvalue weighted by Crippen LogP contribution is -2.49. The average molecular weight is 438 g/mol. The van der Waals surface area contributed by atoms with E-state index in [0.29, 0.717) is 47.1 Å². The van der Waals surface area contributed by atoms with Crippen LogP contribution in [0.25, 0.3) is 11.4 Å². The summed E-state index contributed by atoms with van der Waals surface area (Å²) in [5.41, 5.74) is 1.77. The van der Waals surface area contributed by atoms with Crippen molar-refractivity contribution < 1.29 is 9.53 Å². The van der Waals surface area contributed by atoms with Crippen LogP contribution in [-0.4, -0.2) is 49.9 Å². The molecule has 2 atom stereocenters. The van der Waals surface area contributed by atoms with Crippen LogP contribution in [0.3, 0.4) is 0 Å². The summed E-state index contributed by atoms with van der Waals surface area (Å²) in [7, 11) is 0. The number of piperidine rings is 1. The predicted octanol–water partition coefficient (Wildman–Crippen LogP) is 4.22. The smallest absolute Gasteiger partial charge is 0.273 e. The number of carbonyl (C=O) groups is 1. The van der Waals surface area contributed by atoms with Crippen molar-refractivity contribution in [3.63, 3.8) is 0 Å². The molecule has 1 amide bonds. The van der Waals surface area contributed by atoms with Gasteiger partial charge in [0.05, 0.1) is 11.6 Å². The van der Waals surface area contributed by atoms with Gasteiger partial charge in [-0.3, -0.25) is 4.79 Å². The second-order valence-electron chi connectivity index (χ2n) is 7.83. The molecule has 1 fully saturated rings. The first kappa shape index (κ1) is 21.2. The van der Waals surface area contributed by atoms with E-state index < -0.39 is 0 Å². The van der Waals surface area contributed by atoms with Gasteiger partial charge >= 0.3 is 0 Å². The van der Waals surface area contributed by atoms with Gasteiger partial charge in [-0.05, 0) is 49.9 Å². The van der Waals surface area contributed by atoms with E-state index in [1.54, 1.807) is 36.8 Å². The molecule has 0 radical (unpaired) electrons. The predicted molar refractivity (Wildman–Crippen MR) is 118 cm³/mol. The van der Waals surface area contributed by atoms with Gasteiger partial charge in [0.2, 0.25) is 5.88 Å². The molecule has 7 nitrogen and oxygen atoms in total. The summed E-state index contributed by atoms with van der Waals surface area (Å²) in [6.45, 7) is 5.05. The lowest BCUT2D eigenvalue weighted by Gasteiger charge is -2.38. The summed E-state index contributed by atoms with van der Waals surface area (Å²) in [6, 6.07) is 8.75. The highest BCUT2D eigenvalue weighted by Gasteiger charge is 2.33. The second kappa shape index (κ2) is 9.39. The van der Waals surface area contributed by atoms with Crippen LogP contribution in [0, 0.1) is 12.8 Å². The van der Waals surface area contributed by atoms with Gasteiger partial charge in [-0.15, -0.1) is 0 Å². The first-order valence-corrected chi connectivity index (χ1v) is 10.7. The number of nitrogens with zero attached hydrogens (tertiary/aromatic N) is 5. The van der Waals surface area contributed by atoms with Gasteiger partial charge in [-0.2, -0.15) is 0 Å². The number of aryl methyl sites for hydroxylation is 1. The average Bonchev–Trinajstić information content (AvgIpc) is 2.78. The molecule has 160 valence electrons. The molecule has 0 N–H and O–H groups in total. The van der Waals surface area contributed by atoms with E-state index >= 15 is 0 Å². The standard InChI is InChI=1S/C23H24ClN5O2/c1-15-7-11-29(18(12-15)14-31-20-13-17(24)6-10-25-20)23(30)21-19(5-4-16(2)28-21)22-26-8-3-9-27-22/h3-6,8-10,13,15,18H,7,11-12,14H2,1-2H3/t15-,18-/m0/s1. The van der Waals surface area contributed by atoms with Gasteiger partial charge in [0.15, 0.2) is 5.82 Å². The van der Waals surface area contributed by atoms with E-state index in [0.717, 1.165) is 18.5 Å². The third kappa shape index (κ3) is 4.99. The van der Waals surface area contributed by atoms with Gasteiger partial charge in [-0.1, -0.05) is 18.5 Å². The summed E-state index contributed by atoms with van der Waals surface area (Å²) >= 11 is 6.03. The van der Waals surface area contributed by atoms with Gasteiger partial charge in [-0.25, -0.2) is 19.9 Å². The van der Waals surface area contributed by atoms with Crippen molar-refractivity contribution in [1.29, 1.82) is 0 Å². The van der Waals surface area contributed by atoms with Gasteiger partial charge < -0.3 is 9.64 Å². The molecule has 3 aromatic rings. The van der Waals surface area contributed by atoms with Crippen LogP contribution >= 0.6 is 11.6 Å². The number of halogens is 1. The van der Waals surface area contributed by atoms with E-state index in [-0.39, 0.29) is 11.9 Å². The van der Waals surface area contributed by atoms with Crippen molar-refractivity contribution >= 4 is 17.5 Å². The fourth-order valence-electron chi connectivity index (χ4n) is 3.80. The maximum absolute atomic E-state index is 13.6. The molecular formula is C23H24ClN5O2. The van der Waals surface area contributed by atoms with Crippen LogP contribution in [0.1, 0.15) is 35.9 Å². The lowest BCUT2D eigenvalue weighted by atomic mass is 9.92. The normalized spacial score (nSPS) is 18.6. The SMILES string of the molecule is Cc1ccc(-c2ncccn2)c(C(=O)N2CC[C@H](C)C[C@H]2COc2cc(Cl)ccn2)n1. The number of aromatic nitrogens is 4. The molecule has 0 bridgehead atoms. The van der Waals surface area contributed by atoms with Crippen molar-refractivity contribution in [2.45, 2.75) is 32.7 Å². The van der Waals surface area contributed by atoms with Crippen LogP contribution in [0.4, 0.5) is 0 Å². The Labute approximate surface area is 186 Å². The van der Waals surface area contributed by atoms with Crippen molar-refractivity contribution in [1.82, 2.24) is 24.8 Å². The molecule has 1 aliphatic rings.